The summed E-state index contributed by atoms with van der Waals surface area (Å²) in [5.74, 6) is -0.336. The van der Waals surface area contributed by atoms with E-state index in [2.05, 4.69) is 20.6 Å². The van der Waals surface area contributed by atoms with Gasteiger partial charge in [0, 0.05) is 12.4 Å². The van der Waals surface area contributed by atoms with Gasteiger partial charge in [0.05, 0.1) is 30.3 Å². The minimum Gasteiger partial charge on any atom is -0.288 e. The summed E-state index contributed by atoms with van der Waals surface area (Å²) < 4.78 is 5.08. The number of nitrogens with one attached hydrogen (secondary N) is 1. The summed E-state index contributed by atoms with van der Waals surface area (Å²) in [4.78, 5) is 37.0. The van der Waals surface area contributed by atoms with Crippen LogP contribution in [0.15, 0.2) is 76.3 Å². The highest BCUT2D eigenvalue weighted by molar-refractivity contribution is 8.14. The van der Waals surface area contributed by atoms with Crippen molar-refractivity contribution in [1.29, 1.82) is 0 Å². The van der Waals surface area contributed by atoms with E-state index >= 15 is 0 Å². The maximum atomic E-state index is 13.1. The molecular formula is C21H20N7O3S+. The molecule has 0 aliphatic carbocycles. The van der Waals surface area contributed by atoms with Gasteiger partial charge in [-0.3, -0.25) is 29.3 Å². The van der Waals surface area contributed by atoms with E-state index < -0.39 is 0 Å². The quantitative estimate of drug-likeness (QED) is 0.450. The molecule has 0 saturated heterocycles. The number of carbonyl (C=O) groups excluding carboxylic acids is 2. The van der Waals surface area contributed by atoms with Crippen LogP contribution < -0.4 is 20.0 Å². The maximum absolute atomic E-state index is 13.1. The van der Waals surface area contributed by atoms with Crippen molar-refractivity contribution in [3.63, 3.8) is 0 Å². The van der Waals surface area contributed by atoms with Crippen molar-refractivity contribution in [2.75, 3.05) is 35.1 Å². The van der Waals surface area contributed by atoms with Crippen molar-refractivity contribution in [1.82, 2.24) is 10.3 Å². The molecule has 0 fully saturated rings. The molecule has 0 spiro atoms. The van der Waals surface area contributed by atoms with E-state index in [9.17, 15) is 9.59 Å². The van der Waals surface area contributed by atoms with Crippen LogP contribution in [0.1, 0.15) is 5.56 Å². The Morgan fingerprint density at radius 2 is 1.97 bits per heavy atom. The smallest absolute Gasteiger partial charge is 0.288 e. The number of amides is 2. The molecule has 11 heteroatoms. The Morgan fingerprint density at radius 1 is 1.22 bits per heavy atom. The topological polar surface area (TPSA) is 108 Å². The van der Waals surface area contributed by atoms with Gasteiger partial charge in [0.15, 0.2) is 5.17 Å². The Hall–Kier alpha value is -3.99. The molecule has 1 aromatic carbocycles. The molecule has 0 bridgehead atoms. The summed E-state index contributed by atoms with van der Waals surface area (Å²) in [6.07, 6.45) is 6.54. The predicted octanol–water partition coefficient (Wildman–Crippen LogP) is 1.67. The third kappa shape index (κ3) is 4.83. The van der Waals surface area contributed by atoms with E-state index in [4.69, 9.17) is 4.52 Å². The normalized spacial score (nSPS) is 14.6. The number of pyridine rings is 1. The number of amidine groups is 1. The highest BCUT2D eigenvalue weighted by Gasteiger charge is 2.32. The number of hydrogen-bond acceptors (Lipinski definition) is 8. The van der Waals surface area contributed by atoms with Gasteiger partial charge in [-0.2, -0.15) is 5.01 Å². The number of rotatable bonds is 6. The number of nitrogens with zero attached hydrogens (tertiary/aromatic N) is 6. The lowest BCUT2D eigenvalue weighted by atomic mass is 10.2. The van der Waals surface area contributed by atoms with Gasteiger partial charge >= 0.3 is 5.88 Å². The number of benzene rings is 1. The Balaban J connectivity index is 1.51. The van der Waals surface area contributed by atoms with Crippen molar-refractivity contribution in [3.8, 4) is 0 Å². The molecule has 0 saturated carbocycles. The number of hydrogen-bond donors (Lipinski definition) is 1. The van der Waals surface area contributed by atoms with E-state index in [0.29, 0.717) is 10.9 Å². The van der Waals surface area contributed by atoms with Gasteiger partial charge < -0.3 is 0 Å². The van der Waals surface area contributed by atoms with E-state index in [1.54, 1.807) is 55.9 Å². The van der Waals surface area contributed by atoms with Crippen LogP contribution >= 0.6 is 11.8 Å². The lowest BCUT2D eigenvalue weighted by Crippen LogP contribution is -2.53. The van der Waals surface area contributed by atoms with Gasteiger partial charge in [-0.05, 0) is 35.9 Å². The highest BCUT2D eigenvalue weighted by Crippen LogP contribution is 2.29. The van der Waals surface area contributed by atoms with Crippen LogP contribution in [0.3, 0.4) is 0 Å². The summed E-state index contributed by atoms with van der Waals surface area (Å²) in [5, 5.41) is 8.51. The molecule has 1 N–H and O–H groups in total. The Kier molecular flexibility index (Phi) is 6.26. The fourth-order valence-electron chi connectivity index (χ4n) is 2.80. The first-order chi connectivity index (χ1) is 15.5. The van der Waals surface area contributed by atoms with Crippen LogP contribution in [0.2, 0.25) is 0 Å². The number of thioether (sulfide) groups is 1. The van der Waals surface area contributed by atoms with Crippen molar-refractivity contribution < 1.29 is 18.9 Å². The van der Waals surface area contributed by atoms with Crippen LogP contribution in [0.4, 0.5) is 11.6 Å². The Bertz CT molecular complexity index is 1180. The zero-order valence-corrected chi connectivity index (χ0v) is 18.2. The zero-order chi connectivity index (χ0) is 22.5. The summed E-state index contributed by atoms with van der Waals surface area (Å²) in [5.41, 5.74) is 1.76. The fraction of sp³-hybridized carbons (Fsp3) is 0.143. The van der Waals surface area contributed by atoms with Crippen LogP contribution in [0.25, 0.3) is 6.08 Å². The molecule has 3 heterocycles. The number of aliphatic imine (C=N–C) groups is 1. The number of para-hydroxylation sites is 1. The van der Waals surface area contributed by atoms with E-state index in [-0.39, 0.29) is 29.1 Å². The van der Waals surface area contributed by atoms with Gasteiger partial charge in [-0.1, -0.05) is 30.0 Å². The molecule has 0 atom stereocenters. The first-order valence-corrected chi connectivity index (χ1v) is 10.6. The van der Waals surface area contributed by atoms with Crippen molar-refractivity contribution in [2.45, 2.75) is 0 Å². The lowest BCUT2D eigenvalue weighted by Gasteiger charge is -2.17. The first-order valence-electron chi connectivity index (χ1n) is 9.60. The Morgan fingerprint density at radius 3 is 2.66 bits per heavy atom. The monoisotopic (exact) mass is 450 g/mol. The molecule has 4 rings (SSSR count). The summed E-state index contributed by atoms with van der Waals surface area (Å²) >= 11 is 1.16. The summed E-state index contributed by atoms with van der Waals surface area (Å²) in [6.45, 7) is 0. The number of anilines is 2. The minimum absolute atomic E-state index is 0.0284. The highest BCUT2D eigenvalue weighted by atomic mass is 32.2. The molecule has 2 aromatic heterocycles. The van der Waals surface area contributed by atoms with Crippen molar-refractivity contribution in [2.24, 2.45) is 4.99 Å². The molecule has 0 unspecified atom stereocenters. The second kappa shape index (κ2) is 9.43. The SMILES string of the molecule is CN(C)[n+]1cc(NC(=O)CSC2=N/C(=C/c3ccncc3)C(=O)N2c2ccccc2)on1. The summed E-state index contributed by atoms with van der Waals surface area (Å²) in [7, 11) is 3.57. The van der Waals surface area contributed by atoms with Crippen LogP contribution in [0.5, 0.6) is 0 Å². The van der Waals surface area contributed by atoms with Gasteiger partial charge in [-0.25, -0.2) is 4.99 Å². The average molecular weight is 451 g/mol. The average Bonchev–Trinajstić information content (AvgIpc) is 3.38. The molecule has 1 aliphatic rings. The third-order valence-corrected chi connectivity index (χ3v) is 5.25. The van der Waals surface area contributed by atoms with E-state index in [0.717, 1.165) is 17.3 Å². The molecule has 0 radical (unpaired) electrons. The van der Waals surface area contributed by atoms with Gasteiger partial charge in [-0.15, -0.1) is 0 Å². The van der Waals surface area contributed by atoms with Gasteiger partial charge in [0.1, 0.15) is 5.70 Å². The van der Waals surface area contributed by atoms with Gasteiger partial charge in [0.25, 0.3) is 12.1 Å². The number of aromatic nitrogens is 3. The van der Waals surface area contributed by atoms with Crippen molar-refractivity contribution in [3.05, 3.63) is 72.3 Å². The fourth-order valence-corrected chi connectivity index (χ4v) is 3.61. The molecule has 1 aliphatic heterocycles. The Labute approximate surface area is 188 Å². The second-order valence-electron chi connectivity index (χ2n) is 6.85. The predicted molar refractivity (Wildman–Crippen MR) is 121 cm³/mol. The summed E-state index contributed by atoms with van der Waals surface area (Å²) in [6, 6.07) is 12.8. The molecule has 162 valence electrons. The van der Waals surface area contributed by atoms with Crippen molar-refractivity contribution >= 4 is 46.4 Å². The minimum atomic E-state index is -0.313. The van der Waals surface area contributed by atoms with Crippen LogP contribution in [-0.2, 0) is 9.59 Å². The first kappa shape index (κ1) is 21.2. The molecule has 32 heavy (non-hydrogen) atoms. The zero-order valence-electron chi connectivity index (χ0n) is 17.4. The number of carbonyl (C=O) groups is 2. The molecule has 2 amide bonds. The second-order valence-corrected chi connectivity index (χ2v) is 7.79. The van der Waals surface area contributed by atoms with E-state index in [1.165, 1.54) is 9.69 Å². The van der Waals surface area contributed by atoms with Gasteiger partial charge in [0.2, 0.25) is 11.2 Å². The largest absolute Gasteiger partial charge is 0.305 e. The molecule has 3 aromatic rings. The third-order valence-electron chi connectivity index (χ3n) is 4.31. The van der Waals surface area contributed by atoms with E-state index in [1.807, 2.05) is 30.3 Å². The molecular weight excluding hydrogens is 430 g/mol. The lowest BCUT2D eigenvalue weighted by molar-refractivity contribution is -0.753. The maximum Gasteiger partial charge on any atom is 0.305 e. The standard InChI is InChI=1S/C21H19N7O3S/c1-26(2)27-13-19(31-25-27)24-18(29)14-32-21-23-17(12-15-8-10-22-11-9-15)20(30)28(21)16-6-4-3-5-7-16/h3-13H,14H2,1-2H3/p+1/b17-12+. The molecule has 10 nitrogen and oxygen atoms in total. The van der Waals surface area contributed by atoms with Crippen LogP contribution in [-0.4, -0.2) is 47.1 Å². The van der Waals surface area contributed by atoms with Crippen LogP contribution in [0, 0.1) is 0 Å².